The first kappa shape index (κ1) is 29.5. The molecule has 11 heteroatoms. The van der Waals surface area contributed by atoms with Gasteiger partial charge in [-0.05, 0) is 51.3 Å². The fourth-order valence-corrected chi connectivity index (χ4v) is 5.93. The summed E-state index contributed by atoms with van der Waals surface area (Å²) >= 11 is 0. The maximum Gasteiger partial charge on any atom is 0.407 e. The van der Waals surface area contributed by atoms with E-state index in [9.17, 15) is 13.2 Å². The number of amides is 1. The van der Waals surface area contributed by atoms with Crippen LogP contribution in [0.5, 0.6) is 11.5 Å². The van der Waals surface area contributed by atoms with Gasteiger partial charge in [0.25, 0.3) is 0 Å². The van der Waals surface area contributed by atoms with Crippen molar-refractivity contribution in [2.45, 2.75) is 58.0 Å². The molecule has 3 rings (SSSR count). The van der Waals surface area contributed by atoms with E-state index in [0.717, 1.165) is 43.8 Å². The van der Waals surface area contributed by atoms with Crippen LogP contribution in [0.2, 0.25) is 0 Å². The molecule has 2 N–H and O–H groups in total. The number of hydrogen-bond acceptors (Lipinski definition) is 8. The third kappa shape index (κ3) is 10.3. The lowest BCUT2D eigenvalue weighted by Gasteiger charge is -2.37. The molecule has 0 spiro atoms. The van der Waals surface area contributed by atoms with E-state index < -0.39 is 21.7 Å². The lowest BCUT2D eigenvalue weighted by molar-refractivity contribution is 0.0383. The Kier molecular flexibility index (Phi) is 11.3. The number of carbonyl (C=O) groups excluding carboxylic acids is 1. The summed E-state index contributed by atoms with van der Waals surface area (Å²) in [5, 5.41) is 2.72. The van der Waals surface area contributed by atoms with Gasteiger partial charge in [-0.1, -0.05) is 13.3 Å². The number of morpholine rings is 1. The van der Waals surface area contributed by atoms with Gasteiger partial charge in [-0.2, -0.15) is 0 Å². The van der Waals surface area contributed by atoms with Crippen LogP contribution < -0.4 is 19.5 Å². The monoisotopic (exact) mass is 541 g/mol. The third-order valence-electron chi connectivity index (χ3n) is 6.41. The molecule has 0 bridgehead atoms. The molecular weight excluding hydrogens is 498 g/mol. The Bertz CT molecular complexity index is 965. The summed E-state index contributed by atoms with van der Waals surface area (Å²) < 4.78 is 50.8. The van der Waals surface area contributed by atoms with Gasteiger partial charge >= 0.3 is 6.09 Å². The van der Waals surface area contributed by atoms with Gasteiger partial charge in [-0.15, -0.1) is 0 Å². The molecule has 0 aliphatic carbocycles. The van der Waals surface area contributed by atoms with Crippen LogP contribution in [0.4, 0.5) is 4.79 Å². The number of fused-ring (bicyclic) bond motifs is 1. The normalized spacial score (nSPS) is 19.5. The van der Waals surface area contributed by atoms with Crippen molar-refractivity contribution in [3.05, 3.63) is 23.8 Å². The van der Waals surface area contributed by atoms with Crippen LogP contribution in [0.3, 0.4) is 0 Å². The van der Waals surface area contributed by atoms with Gasteiger partial charge in [0, 0.05) is 44.2 Å². The molecule has 10 nitrogen and oxygen atoms in total. The van der Waals surface area contributed by atoms with Gasteiger partial charge in [-0.25, -0.2) is 17.9 Å². The Morgan fingerprint density at radius 3 is 2.70 bits per heavy atom. The molecule has 1 saturated heterocycles. The minimum absolute atomic E-state index is 0.0475. The summed E-state index contributed by atoms with van der Waals surface area (Å²) in [6.45, 7) is 11.4. The number of carbonyl (C=O) groups is 1. The zero-order chi connectivity index (χ0) is 26.7. The van der Waals surface area contributed by atoms with Crippen LogP contribution in [-0.4, -0.2) is 89.9 Å². The summed E-state index contributed by atoms with van der Waals surface area (Å²) in [6.07, 6.45) is 2.48. The first-order chi connectivity index (χ1) is 17.7. The average Bonchev–Trinajstić information content (AvgIpc) is 2.84. The van der Waals surface area contributed by atoms with Gasteiger partial charge in [0.05, 0.1) is 32.2 Å². The van der Waals surface area contributed by atoms with Gasteiger partial charge in [0.2, 0.25) is 10.0 Å². The summed E-state index contributed by atoms with van der Waals surface area (Å²) in [6, 6.07) is 5.65. The van der Waals surface area contributed by atoms with E-state index in [1.54, 1.807) is 0 Å². The van der Waals surface area contributed by atoms with Crippen molar-refractivity contribution < 1.29 is 32.2 Å². The van der Waals surface area contributed by atoms with Gasteiger partial charge in [-0.3, -0.25) is 4.90 Å². The Morgan fingerprint density at radius 1 is 1.16 bits per heavy atom. The Balaban J connectivity index is 1.42. The van der Waals surface area contributed by atoms with Crippen molar-refractivity contribution in [2.75, 3.05) is 64.9 Å². The van der Waals surface area contributed by atoms with Crippen LogP contribution in [0, 0.1) is 0 Å². The number of unbranched alkanes of at least 4 members (excludes halogenated alkanes) is 1. The summed E-state index contributed by atoms with van der Waals surface area (Å²) in [5.74, 6) is 1.16. The van der Waals surface area contributed by atoms with Crippen LogP contribution in [0.1, 0.15) is 57.9 Å². The second-order valence-corrected chi connectivity index (χ2v) is 12.1. The molecule has 1 aromatic rings. The first-order valence-electron chi connectivity index (χ1n) is 13.3. The van der Waals surface area contributed by atoms with Crippen LogP contribution >= 0.6 is 0 Å². The van der Waals surface area contributed by atoms with Gasteiger partial charge in [0.1, 0.15) is 17.1 Å². The predicted octanol–water partition coefficient (Wildman–Crippen LogP) is 2.88. The van der Waals surface area contributed by atoms with E-state index in [4.69, 9.17) is 18.9 Å². The van der Waals surface area contributed by atoms with E-state index in [1.807, 2.05) is 32.0 Å². The second kappa shape index (κ2) is 14.2. The topological polar surface area (TPSA) is 115 Å². The van der Waals surface area contributed by atoms with E-state index in [-0.39, 0.29) is 24.8 Å². The quantitative estimate of drug-likeness (QED) is 0.346. The minimum Gasteiger partial charge on any atom is -0.494 e. The van der Waals surface area contributed by atoms with Gasteiger partial charge < -0.3 is 24.3 Å². The molecule has 0 saturated carbocycles. The number of ether oxygens (including phenoxy) is 4. The third-order valence-corrected chi connectivity index (χ3v) is 7.90. The molecule has 1 fully saturated rings. The highest BCUT2D eigenvalue weighted by Gasteiger charge is 2.36. The summed E-state index contributed by atoms with van der Waals surface area (Å²) in [5.41, 5.74) is 0.386. The van der Waals surface area contributed by atoms with Crippen molar-refractivity contribution in [3.8, 4) is 11.5 Å². The fraction of sp³-hybridized carbons (Fsp3) is 0.731. The number of nitrogens with one attached hydrogen (secondary N) is 2. The maximum atomic E-state index is 12.9. The smallest absolute Gasteiger partial charge is 0.407 e. The highest BCUT2D eigenvalue weighted by atomic mass is 32.2. The largest absolute Gasteiger partial charge is 0.494 e. The van der Waals surface area contributed by atoms with E-state index in [1.165, 1.54) is 0 Å². The van der Waals surface area contributed by atoms with E-state index in [0.29, 0.717) is 45.0 Å². The lowest BCUT2D eigenvalue weighted by Crippen LogP contribution is -2.41. The molecule has 0 radical (unpaired) electrons. The molecular formula is C26H43N3O7S. The summed E-state index contributed by atoms with van der Waals surface area (Å²) in [7, 11) is -3.55. The zero-order valence-electron chi connectivity index (χ0n) is 22.4. The molecule has 1 aromatic carbocycles. The fourth-order valence-electron chi connectivity index (χ4n) is 4.53. The molecule has 37 heavy (non-hydrogen) atoms. The van der Waals surface area contributed by atoms with Crippen molar-refractivity contribution in [1.82, 2.24) is 14.9 Å². The maximum absolute atomic E-state index is 12.9. The van der Waals surface area contributed by atoms with Crippen LogP contribution in [0.25, 0.3) is 0 Å². The number of sulfonamides is 1. The SMILES string of the molecule is CCCCOc1ccc2c(c1)C(CS(=O)(=O)NCCCOC(=O)NCCN1CCOCC1)CC(C)(C)O2. The molecule has 210 valence electrons. The van der Waals surface area contributed by atoms with E-state index in [2.05, 4.69) is 21.9 Å². The van der Waals surface area contributed by atoms with E-state index >= 15 is 0 Å². The number of rotatable bonds is 14. The standard InChI is InChI=1S/C26H43N3O7S/c1-4-5-14-34-22-7-8-24-23(18-22)21(19-26(2,3)36-24)20-37(31,32)28-9-6-15-35-25(30)27-10-11-29-12-16-33-17-13-29/h7-8,18,21,28H,4-6,9-17,19-20H2,1-3H3,(H,27,30). The molecule has 2 aliphatic rings. The highest BCUT2D eigenvalue weighted by molar-refractivity contribution is 7.89. The van der Waals surface area contributed by atoms with Crippen LogP contribution in [-0.2, 0) is 19.5 Å². The first-order valence-corrected chi connectivity index (χ1v) is 15.0. The number of nitrogens with zero attached hydrogens (tertiary/aromatic N) is 1. The lowest BCUT2D eigenvalue weighted by atomic mass is 9.85. The predicted molar refractivity (Wildman–Crippen MR) is 142 cm³/mol. The molecule has 1 atom stereocenters. The highest BCUT2D eigenvalue weighted by Crippen LogP contribution is 2.43. The Morgan fingerprint density at radius 2 is 1.95 bits per heavy atom. The Hall–Kier alpha value is -2.08. The molecule has 1 unspecified atom stereocenters. The van der Waals surface area contributed by atoms with Crippen molar-refractivity contribution in [3.63, 3.8) is 0 Å². The van der Waals surface area contributed by atoms with Crippen molar-refractivity contribution in [2.24, 2.45) is 0 Å². The number of benzene rings is 1. The molecule has 0 aromatic heterocycles. The minimum atomic E-state index is -3.55. The van der Waals surface area contributed by atoms with Gasteiger partial charge in [0.15, 0.2) is 0 Å². The van der Waals surface area contributed by atoms with Crippen molar-refractivity contribution >= 4 is 16.1 Å². The zero-order valence-corrected chi connectivity index (χ0v) is 23.2. The summed E-state index contributed by atoms with van der Waals surface area (Å²) in [4.78, 5) is 14.1. The van der Waals surface area contributed by atoms with Crippen LogP contribution in [0.15, 0.2) is 18.2 Å². The van der Waals surface area contributed by atoms with Crippen molar-refractivity contribution in [1.29, 1.82) is 0 Å². The molecule has 2 aliphatic heterocycles. The Labute approximate surface area is 221 Å². The molecule has 2 heterocycles. The molecule has 1 amide bonds. The number of hydrogen-bond donors (Lipinski definition) is 2. The average molecular weight is 542 g/mol. The second-order valence-electron chi connectivity index (χ2n) is 10.2. The number of alkyl carbamates (subject to hydrolysis) is 1.